The molecule has 2 aromatic rings. The number of nitrogens with one attached hydrogen (secondary N) is 1. The molecule has 6 heteroatoms. The smallest absolute Gasteiger partial charge is 0.146 e. The highest BCUT2D eigenvalue weighted by Crippen LogP contribution is 2.34. The molecule has 0 saturated heterocycles. The van der Waals surface area contributed by atoms with Crippen LogP contribution in [0.15, 0.2) is 33.2 Å². The summed E-state index contributed by atoms with van der Waals surface area (Å²) in [5.74, 6) is 2.15. The molecule has 1 N–H and O–H groups in total. The third-order valence-electron chi connectivity index (χ3n) is 2.75. The van der Waals surface area contributed by atoms with Crippen molar-refractivity contribution in [3.05, 3.63) is 50.3 Å². The first-order chi connectivity index (χ1) is 9.95. The molecule has 114 valence electrons. The van der Waals surface area contributed by atoms with Crippen LogP contribution < -0.4 is 10.1 Å². The van der Waals surface area contributed by atoms with Gasteiger partial charge in [0.1, 0.15) is 23.9 Å². The van der Waals surface area contributed by atoms with Gasteiger partial charge in [0, 0.05) is 16.6 Å². The quantitative estimate of drug-likeness (QED) is 0.666. The lowest BCUT2D eigenvalue weighted by Gasteiger charge is -2.08. The Kier molecular flexibility index (Phi) is 5.99. The van der Waals surface area contributed by atoms with Gasteiger partial charge in [-0.05, 0) is 34.1 Å². The van der Waals surface area contributed by atoms with Crippen molar-refractivity contribution in [2.75, 3.05) is 0 Å². The van der Waals surface area contributed by atoms with E-state index in [1.54, 1.807) is 12.1 Å². The summed E-state index contributed by atoms with van der Waals surface area (Å²) in [5.41, 5.74) is 0. The molecule has 0 bridgehead atoms. The Labute approximate surface area is 142 Å². The molecule has 0 unspecified atom stereocenters. The Balaban J connectivity index is 1.96. The third kappa shape index (κ3) is 4.92. The van der Waals surface area contributed by atoms with Gasteiger partial charge in [-0.2, -0.15) is 0 Å². The predicted molar refractivity (Wildman–Crippen MR) is 89.2 cm³/mol. The Morgan fingerprint density at radius 2 is 1.90 bits per heavy atom. The van der Waals surface area contributed by atoms with Gasteiger partial charge in [0.15, 0.2) is 0 Å². The predicted octanol–water partition coefficient (Wildman–Crippen LogP) is 5.43. The molecule has 0 spiro atoms. The van der Waals surface area contributed by atoms with Crippen LogP contribution in [0.3, 0.4) is 0 Å². The van der Waals surface area contributed by atoms with E-state index in [2.05, 4.69) is 35.1 Å². The zero-order valence-corrected chi connectivity index (χ0v) is 14.8. The lowest BCUT2D eigenvalue weighted by molar-refractivity contribution is 0.265. The molecule has 0 atom stereocenters. The zero-order valence-electron chi connectivity index (χ0n) is 11.8. The molecule has 0 aliphatic carbocycles. The van der Waals surface area contributed by atoms with Gasteiger partial charge in [0.25, 0.3) is 0 Å². The van der Waals surface area contributed by atoms with Gasteiger partial charge in [-0.3, -0.25) is 0 Å². The van der Waals surface area contributed by atoms with E-state index in [9.17, 15) is 0 Å². The maximum Gasteiger partial charge on any atom is 0.146 e. The second kappa shape index (κ2) is 7.54. The molecule has 1 heterocycles. The van der Waals surface area contributed by atoms with Crippen molar-refractivity contribution in [1.29, 1.82) is 0 Å². The van der Waals surface area contributed by atoms with E-state index < -0.39 is 0 Å². The number of halogens is 3. The lowest BCUT2D eigenvalue weighted by Crippen LogP contribution is -2.21. The highest BCUT2D eigenvalue weighted by atomic mass is 79.9. The summed E-state index contributed by atoms with van der Waals surface area (Å²) in [7, 11) is 0. The van der Waals surface area contributed by atoms with E-state index in [0.29, 0.717) is 35.0 Å². The number of hydrogen-bond acceptors (Lipinski definition) is 3. The van der Waals surface area contributed by atoms with Gasteiger partial charge in [-0.25, -0.2) is 0 Å². The van der Waals surface area contributed by atoms with Gasteiger partial charge in [-0.1, -0.05) is 37.0 Å². The van der Waals surface area contributed by atoms with Gasteiger partial charge < -0.3 is 14.5 Å². The van der Waals surface area contributed by atoms with Crippen LogP contribution in [-0.4, -0.2) is 6.04 Å². The Morgan fingerprint density at radius 3 is 2.62 bits per heavy atom. The first kappa shape index (κ1) is 16.7. The van der Waals surface area contributed by atoms with Crippen LogP contribution in [0.25, 0.3) is 0 Å². The van der Waals surface area contributed by atoms with Gasteiger partial charge in [0.2, 0.25) is 0 Å². The average molecular weight is 393 g/mol. The molecule has 21 heavy (non-hydrogen) atoms. The summed E-state index contributed by atoms with van der Waals surface area (Å²) in [4.78, 5) is 0. The summed E-state index contributed by atoms with van der Waals surface area (Å²) < 4.78 is 12.1. The molecule has 0 amide bonds. The van der Waals surface area contributed by atoms with Crippen LogP contribution in [-0.2, 0) is 13.2 Å². The number of furan rings is 1. The number of ether oxygens (including phenoxy) is 1. The van der Waals surface area contributed by atoms with Crippen LogP contribution in [0.1, 0.15) is 25.4 Å². The summed E-state index contributed by atoms with van der Waals surface area (Å²) in [6, 6.07) is 7.63. The zero-order chi connectivity index (χ0) is 15.4. The van der Waals surface area contributed by atoms with Crippen LogP contribution in [0.5, 0.6) is 5.75 Å². The van der Waals surface area contributed by atoms with Crippen LogP contribution >= 0.6 is 39.1 Å². The van der Waals surface area contributed by atoms with E-state index in [4.69, 9.17) is 32.4 Å². The van der Waals surface area contributed by atoms with Crippen molar-refractivity contribution < 1.29 is 9.15 Å². The first-order valence-corrected chi connectivity index (χ1v) is 8.09. The molecule has 0 aliphatic rings. The van der Waals surface area contributed by atoms with Gasteiger partial charge in [0.05, 0.1) is 16.6 Å². The molecular weight excluding hydrogens is 377 g/mol. The molecular formula is C15H16BrCl2NO2. The number of rotatable bonds is 6. The number of benzene rings is 1. The topological polar surface area (TPSA) is 34.4 Å². The Hall–Kier alpha value is -0.680. The SMILES string of the molecule is CC(C)NCc1ccc(COc2cc(Cl)c(Br)cc2Cl)o1. The molecule has 0 saturated carbocycles. The second-order valence-corrected chi connectivity index (χ2v) is 6.56. The number of hydrogen-bond donors (Lipinski definition) is 1. The van der Waals surface area contributed by atoms with Crippen LogP contribution in [0.2, 0.25) is 10.0 Å². The molecule has 0 aliphatic heterocycles. The minimum Gasteiger partial charge on any atom is -0.484 e. The van der Waals surface area contributed by atoms with E-state index >= 15 is 0 Å². The van der Waals surface area contributed by atoms with E-state index in [0.717, 1.165) is 16.0 Å². The fraction of sp³-hybridized carbons (Fsp3) is 0.333. The van der Waals surface area contributed by atoms with E-state index in [1.165, 1.54) is 0 Å². The van der Waals surface area contributed by atoms with E-state index in [1.807, 2.05) is 12.1 Å². The largest absolute Gasteiger partial charge is 0.484 e. The molecule has 1 aromatic carbocycles. The fourth-order valence-corrected chi connectivity index (χ4v) is 2.51. The first-order valence-electron chi connectivity index (χ1n) is 6.54. The van der Waals surface area contributed by atoms with E-state index in [-0.39, 0.29) is 0 Å². The van der Waals surface area contributed by atoms with Crippen molar-refractivity contribution in [2.24, 2.45) is 0 Å². The summed E-state index contributed by atoms with van der Waals surface area (Å²) in [5, 5.41) is 4.34. The molecule has 2 rings (SSSR count). The molecule has 1 aromatic heterocycles. The van der Waals surface area contributed by atoms with Crippen molar-refractivity contribution in [3.8, 4) is 5.75 Å². The van der Waals surface area contributed by atoms with Gasteiger partial charge >= 0.3 is 0 Å². The minimum atomic E-state index is 0.305. The Bertz CT molecular complexity index is 614. The highest BCUT2D eigenvalue weighted by Gasteiger charge is 2.09. The standard InChI is InChI=1S/C15H16BrCl2NO2/c1-9(2)19-7-10-3-4-11(21-10)8-20-15-6-13(17)12(16)5-14(15)18/h3-6,9,19H,7-8H2,1-2H3. The van der Waals surface area contributed by atoms with Crippen molar-refractivity contribution in [3.63, 3.8) is 0 Å². The molecule has 0 radical (unpaired) electrons. The summed E-state index contributed by atoms with van der Waals surface area (Å²) in [6.07, 6.45) is 0. The van der Waals surface area contributed by atoms with Crippen molar-refractivity contribution >= 4 is 39.1 Å². The minimum absolute atomic E-state index is 0.305. The van der Waals surface area contributed by atoms with Crippen LogP contribution in [0.4, 0.5) is 0 Å². The molecule has 0 fully saturated rings. The second-order valence-electron chi connectivity index (χ2n) is 4.89. The van der Waals surface area contributed by atoms with Crippen molar-refractivity contribution in [1.82, 2.24) is 5.32 Å². The van der Waals surface area contributed by atoms with Crippen molar-refractivity contribution in [2.45, 2.75) is 33.0 Å². The molecule has 3 nitrogen and oxygen atoms in total. The average Bonchev–Trinajstić information content (AvgIpc) is 2.87. The normalized spacial score (nSPS) is 11.1. The fourth-order valence-electron chi connectivity index (χ4n) is 1.66. The Morgan fingerprint density at radius 1 is 1.19 bits per heavy atom. The lowest BCUT2D eigenvalue weighted by atomic mass is 10.3. The van der Waals surface area contributed by atoms with Crippen LogP contribution in [0, 0.1) is 0 Å². The summed E-state index contributed by atoms with van der Waals surface area (Å²) in [6.45, 7) is 5.18. The monoisotopic (exact) mass is 391 g/mol. The third-order valence-corrected chi connectivity index (χ3v) is 4.24. The maximum absolute atomic E-state index is 6.10. The summed E-state index contributed by atoms with van der Waals surface area (Å²) >= 11 is 15.4. The highest BCUT2D eigenvalue weighted by molar-refractivity contribution is 9.10. The maximum atomic E-state index is 6.10. The van der Waals surface area contributed by atoms with Gasteiger partial charge in [-0.15, -0.1) is 0 Å².